The Balaban J connectivity index is 2.43. The Morgan fingerprint density at radius 3 is 2.25 bits per heavy atom. The van der Waals surface area contributed by atoms with Crippen LogP contribution in [-0.2, 0) is 6.42 Å². The van der Waals surface area contributed by atoms with Gasteiger partial charge in [0, 0.05) is 12.1 Å². The van der Waals surface area contributed by atoms with E-state index in [2.05, 4.69) is 45.1 Å². The van der Waals surface area contributed by atoms with Crippen LogP contribution in [0.25, 0.3) is 0 Å². The number of nitrogens with one attached hydrogen (secondary N) is 1. The zero-order chi connectivity index (χ0) is 15.0. The minimum Gasteiger partial charge on any atom is -0.352 e. The molecule has 1 aromatic rings. The van der Waals surface area contributed by atoms with Crippen LogP contribution in [0.5, 0.6) is 0 Å². The van der Waals surface area contributed by atoms with Crippen LogP contribution in [0.2, 0.25) is 0 Å². The van der Waals surface area contributed by atoms with Crippen molar-refractivity contribution in [3.8, 4) is 0 Å². The zero-order valence-electron chi connectivity index (χ0n) is 13.5. The molecule has 0 spiro atoms. The van der Waals surface area contributed by atoms with E-state index in [-0.39, 0.29) is 11.3 Å². The summed E-state index contributed by atoms with van der Waals surface area (Å²) in [7, 11) is 0. The first-order valence-electron chi connectivity index (χ1n) is 7.79. The molecule has 1 N–H and O–H groups in total. The molecule has 2 nitrogen and oxygen atoms in total. The molecule has 0 aliphatic heterocycles. The van der Waals surface area contributed by atoms with E-state index in [1.807, 2.05) is 12.1 Å². The Hall–Kier alpha value is -1.31. The highest BCUT2D eigenvalue weighted by Crippen LogP contribution is 2.12. The number of hydrogen-bond donors (Lipinski definition) is 1. The summed E-state index contributed by atoms with van der Waals surface area (Å²) in [5.41, 5.74) is 2.20. The van der Waals surface area contributed by atoms with Crippen molar-refractivity contribution in [2.45, 2.75) is 59.8 Å². The van der Waals surface area contributed by atoms with E-state index >= 15 is 0 Å². The van der Waals surface area contributed by atoms with E-state index in [0.29, 0.717) is 6.54 Å². The second-order valence-electron chi connectivity index (χ2n) is 6.75. The molecule has 0 unspecified atom stereocenters. The zero-order valence-corrected chi connectivity index (χ0v) is 13.5. The number of unbranched alkanes of at least 4 members (excludes halogenated alkanes) is 3. The van der Waals surface area contributed by atoms with Gasteiger partial charge in [-0.05, 0) is 36.0 Å². The van der Waals surface area contributed by atoms with Crippen molar-refractivity contribution in [1.29, 1.82) is 0 Å². The van der Waals surface area contributed by atoms with Crippen LogP contribution in [0.4, 0.5) is 0 Å². The molecule has 0 aromatic heterocycles. The van der Waals surface area contributed by atoms with E-state index in [9.17, 15) is 4.79 Å². The molecule has 0 aliphatic rings. The maximum atomic E-state index is 12.0. The first kappa shape index (κ1) is 16.7. The lowest BCUT2D eigenvalue weighted by atomic mass is 9.97. The van der Waals surface area contributed by atoms with E-state index in [1.54, 1.807) is 0 Å². The summed E-state index contributed by atoms with van der Waals surface area (Å²) in [5, 5.41) is 2.98. The fourth-order valence-electron chi connectivity index (χ4n) is 2.03. The normalized spacial score (nSPS) is 11.4. The van der Waals surface area contributed by atoms with Crippen molar-refractivity contribution in [3.63, 3.8) is 0 Å². The lowest BCUT2D eigenvalue weighted by molar-refractivity contribution is 0.0939. The summed E-state index contributed by atoms with van der Waals surface area (Å²) in [4.78, 5) is 12.0. The molecular formula is C18H29NO. The van der Waals surface area contributed by atoms with Gasteiger partial charge < -0.3 is 5.32 Å². The van der Waals surface area contributed by atoms with E-state index in [1.165, 1.54) is 31.2 Å². The summed E-state index contributed by atoms with van der Waals surface area (Å²) < 4.78 is 0. The van der Waals surface area contributed by atoms with Gasteiger partial charge in [-0.1, -0.05) is 59.1 Å². The average molecular weight is 275 g/mol. The van der Waals surface area contributed by atoms with E-state index in [0.717, 1.165) is 12.0 Å². The van der Waals surface area contributed by atoms with Crippen molar-refractivity contribution < 1.29 is 4.79 Å². The Morgan fingerprint density at radius 1 is 1.05 bits per heavy atom. The number of benzene rings is 1. The Kier molecular flexibility index (Phi) is 6.77. The Bertz CT molecular complexity index is 400. The van der Waals surface area contributed by atoms with Crippen LogP contribution in [-0.4, -0.2) is 12.5 Å². The molecular weight excluding hydrogens is 246 g/mol. The van der Waals surface area contributed by atoms with Gasteiger partial charge in [0.05, 0.1) is 0 Å². The van der Waals surface area contributed by atoms with Crippen LogP contribution in [0.1, 0.15) is 69.3 Å². The number of carbonyl (C=O) groups excluding carboxylic acids is 1. The average Bonchev–Trinajstić information content (AvgIpc) is 2.41. The molecule has 0 atom stereocenters. The van der Waals surface area contributed by atoms with Gasteiger partial charge in [-0.3, -0.25) is 4.79 Å². The minimum absolute atomic E-state index is 0.0254. The summed E-state index contributed by atoms with van der Waals surface area (Å²) in [6.07, 6.45) is 6.23. The lowest BCUT2D eigenvalue weighted by Gasteiger charge is -2.18. The van der Waals surface area contributed by atoms with Crippen LogP contribution >= 0.6 is 0 Å². The highest BCUT2D eigenvalue weighted by atomic mass is 16.1. The molecule has 1 aromatic carbocycles. The number of rotatable bonds is 7. The first-order valence-corrected chi connectivity index (χ1v) is 7.79. The van der Waals surface area contributed by atoms with Gasteiger partial charge >= 0.3 is 0 Å². The molecule has 0 fully saturated rings. The predicted molar refractivity (Wildman–Crippen MR) is 86.1 cm³/mol. The van der Waals surface area contributed by atoms with Gasteiger partial charge in [-0.15, -0.1) is 0 Å². The smallest absolute Gasteiger partial charge is 0.251 e. The van der Waals surface area contributed by atoms with Crippen molar-refractivity contribution in [2.75, 3.05) is 6.54 Å². The molecule has 1 amide bonds. The van der Waals surface area contributed by atoms with E-state index < -0.39 is 0 Å². The molecule has 0 radical (unpaired) electrons. The lowest BCUT2D eigenvalue weighted by Crippen LogP contribution is -2.32. The maximum absolute atomic E-state index is 12.0. The summed E-state index contributed by atoms with van der Waals surface area (Å²) >= 11 is 0. The summed E-state index contributed by atoms with van der Waals surface area (Å²) in [6, 6.07) is 8.04. The molecule has 0 heterocycles. The number of amides is 1. The van der Waals surface area contributed by atoms with Gasteiger partial charge in [0.1, 0.15) is 0 Å². The van der Waals surface area contributed by atoms with Crippen molar-refractivity contribution in [1.82, 2.24) is 5.32 Å². The highest BCUT2D eigenvalue weighted by Gasteiger charge is 2.12. The quantitative estimate of drug-likeness (QED) is 0.725. The van der Waals surface area contributed by atoms with Gasteiger partial charge in [-0.25, -0.2) is 0 Å². The topological polar surface area (TPSA) is 29.1 Å². The standard InChI is InChI=1S/C18H29NO/c1-5-6-7-8-9-15-10-12-16(13-11-15)17(20)19-14-18(2,3)4/h10-13H,5-9,14H2,1-4H3,(H,19,20). The summed E-state index contributed by atoms with van der Waals surface area (Å²) in [5.74, 6) is 0.0254. The van der Waals surface area contributed by atoms with Crippen molar-refractivity contribution in [2.24, 2.45) is 5.41 Å². The van der Waals surface area contributed by atoms with Gasteiger partial charge in [0.2, 0.25) is 0 Å². The molecule has 0 aliphatic carbocycles. The van der Waals surface area contributed by atoms with Crippen LogP contribution in [0.3, 0.4) is 0 Å². The number of aryl methyl sites for hydroxylation is 1. The van der Waals surface area contributed by atoms with Crippen LogP contribution in [0.15, 0.2) is 24.3 Å². The molecule has 0 saturated heterocycles. The molecule has 112 valence electrons. The first-order chi connectivity index (χ1) is 9.42. The van der Waals surface area contributed by atoms with Crippen LogP contribution < -0.4 is 5.32 Å². The number of hydrogen-bond acceptors (Lipinski definition) is 1. The predicted octanol–water partition coefficient (Wildman–Crippen LogP) is 4.59. The Morgan fingerprint density at radius 2 is 1.70 bits per heavy atom. The van der Waals surface area contributed by atoms with Gasteiger partial charge in [0.15, 0.2) is 0 Å². The monoisotopic (exact) mass is 275 g/mol. The second kappa shape index (κ2) is 8.08. The van der Waals surface area contributed by atoms with E-state index in [4.69, 9.17) is 0 Å². The highest BCUT2D eigenvalue weighted by molar-refractivity contribution is 5.94. The molecule has 2 heteroatoms. The third-order valence-electron chi connectivity index (χ3n) is 3.31. The largest absolute Gasteiger partial charge is 0.352 e. The SMILES string of the molecule is CCCCCCc1ccc(C(=O)NCC(C)(C)C)cc1. The fourth-order valence-corrected chi connectivity index (χ4v) is 2.03. The van der Waals surface area contributed by atoms with Gasteiger partial charge in [-0.2, -0.15) is 0 Å². The van der Waals surface area contributed by atoms with Gasteiger partial charge in [0.25, 0.3) is 5.91 Å². The fraction of sp³-hybridized carbons (Fsp3) is 0.611. The van der Waals surface area contributed by atoms with Crippen LogP contribution in [0, 0.1) is 5.41 Å². The van der Waals surface area contributed by atoms with Crippen molar-refractivity contribution in [3.05, 3.63) is 35.4 Å². The minimum atomic E-state index is 0.0254. The second-order valence-corrected chi connectivity index (χ2v) is 6.75. The summed E-state index contributed by atoms with van der Waals surface area (Å²) in [6.45, 7) is 9.28. The molecule has 0 bridgehead atoms. The van der Waals surface area contributed by atoms with Crippen molar-refractivity contribution >= 4 is 5.91 Å². The number of carbonyl (C=O) groups is 1. The third kappa shape index (κ3) is 6.74. The molecule has 1 rings (SSSR count). The molecule has 20 heavy (non-hydrogen) atoms. The Labute approximate surface area is 124 Å². The maximum Gasteiger partial charge on any atom is 0.251 e. The molecule has 0 saturated carbocycles. The third-order valence-corrected chi connectivity index (χ3v) is 3.31.